The van der Waals surface area contributed by atoms with E-state index < -0.39 is 0 Å². The second-order valence-electron chi connectivity index (χ2n) is 5.30. The molecular weight excluding hydrogens is 240 g/mol. The van der Waals surface area contributed by atoms with Crippen molar-refractivity contribution in [1.29, 1.82) is 0 Å². The Labute approximate surface area is 115 Å². The highest BCUT2D eigenvalue weighted by molar-refractivity contribution is 7.07. The topological polar surface area (TPSA) is 15.3 Å². The number of nitrogens with one attached hydrogen (secondary N) is 1. The van der Waals surface area contributed by atoms with Gasteiger partial charge in [-0.05, 0) is 54.6 Å². The van der Waals surface area contributed by atoms with Crippen LogP contribution < -0.4 is 5.32 Å². The Bertz CT molecular complexity index is 319. The molecule has 0 aromatic carbocycles. The van der Waals surface area contributed by atoms with Crippen LogP contribution in [-0.2, 0) is 6.54 Å². The number of rotatable bonds is 9. The van der Waals surface area contributed by atoms with Gasteiger partial charge in [0.05, 0.1) is 0 Å². The Morgan fingerprint density at radius 2 is 2.28 bits per heavy atom. The highest BCUT2D eigenvalue weighted by atomic mass is 32.1. The number of thiophene rings is 1. The van der Waals surface area contributed by atoms with Crippen molar-refractivity contribution in [3.8, 4) is 0 Å². The Kier molecular flexibility index (Phi) is 5.67. The van der Waals surface area contributed by atoms with Gasteiger partial charge in [-0.2, -0.15) is 11.3 Å². The normalized spacial score (nSPS) is 17.3. The maximum Gasteiger partial charge on any atom is 0.0248 e. The van der Waals surface area contributed by atoms with Crippen molar-refractivity contribution < 1.29 is 0 Å². The molecule has 0 bridgehead atoms. The summed E-state index contributed by atoms with van der Waals surface area (Å²) in [7, 11) is 0. The van der Waals surface area contributed by atoms with Crippen molar-refractivity contribution in [1.82, 2.24) is 10.2 Å². The minimum atomic E-state index is 0.698. The van der Waals surface area contributed by atoms with Gasteiger partial charge in [0.25, 0.3) is 0 Å². The molecule has 1 aromatic heterocycles. The zero-order valence-electron chi connectivity index (χ0n) is 11.7. The fraction of sp³-hybridized carbons (Fsp3) is 0.733. The van der Waals surface area contributed by atoms with Crippen LogP contribution in [0.1, 0.15) is 45.1 Å². The highest BCUT2D eigenvalue weighted by Gasteiger charge is 2.32. The second-order valence-corrected chi connectivity index (χ2v) is 6.08. The molecule has 1 heterocycles. The molecule has 18 heavy (non-hydrogen) atoms. The molecule has 0 radical (unpaired) electrons. The first-order valence-electron chi connectivity index (χ1n) is 7.32. The van der Waals surface area contributed by atoms with Crippen LogP contribution in [0, 0.1) is 0 Å². The van der Waals surface area contributed by atoms with E-state index in [1.165, 1.54) is 31.2 Å². The van der Waals surface area contributed by atoms with Crippen LogP contribution in [0.3, 0.4) is 0 Å². The van der Waals surface area contributed by atoms with E-state index in [4.69, 9.17) is 0 Å². The van der Waals surface area contributed by atoms with Crippen LogP contribution in [0.2, 0.25) is 0 Å². The van der Waals surface area contributed by atoms with Crippen LogP contribution in [0.5, 0.6) is 0 Å². The first kappa shape index (κ1) is 14.0. The lowest BCUT2D eigenvalue weighted by Crippen LogP contribution is -2.43. The lowest BCUT2D eigenvalue weighted by molar-refractivity contribution is 0.168. The van der Waals surface area contributed by atoms with E-state index in [-0.39, 0.29) is 0 Å². The summed E-state index contributed by atoms with van der Waals surface area (Å²) in [6, 6.07) is 3.81. The van der Waals surface area contributed by atoms with E-state index in [1.807, 2.05) is 11.3 Å². The number of hydrogen-bond donors (Lipinski definition) is 1. The minimum Gasteiger partial charge on any atom is -0.315 e. The summed E-state index contributed by atoms with van der Waals surface area (Å²) in [5, 5.41) is 8.07. The Morgan fingerprint density at radius 3 is 2.83 bits per heavy atom. The Balaban J connectivity index is 1.89. The van der Waals surface area contributed by atoms with Gasteiger partial charge >= 0.3 is 0 Å². The van der Waals surface area contributed by atoms with Gasteiger partial charge < -0.3 is 5.32 Å². The van der Waals surface area contributed by atoms with E-state index in [2.05, 4.69) is 40.9 Å². The van der Waals surface area contributed by atoms with Crippen molar-refractivity contribution in [3.63, 3.8) is 0 Å². The Morgan fingerprint density at radius 1 is 1.44 bits per heavy atom. The summed E-state index contributed by atoms with van der Waals surface area (Å²) >= 11 is 1.81. The summed E-state index contributed by atoms with van der Waals surface area (Å²) in [4.78, 5) is 2.73. The van der Waals surface area contributed by atoms with E-state index in [0.29, 0.717) is 6.04 Å². The first-order valence-corrected chi connectivity index (χ1v) is 8.27. The van der Waals surface area contributed by atoms with Gasteiger partial charge in [-0.25, -0.2) is 0 Å². The Hall–Kier alpha value is -0.380. The van der Waals surface area contributed by atoms with E-state index >= 15 is 0 Å². The maximum absolute atomic E-state index is 3.59. The van der Waals surface area contributed by atoms with Gasteiger partial charge in [-0.1, -0.05) is 13.8 Å². The molecule has 1 saturated carbocycles. The van der Waals surface area contributed by atoms with Crippen LogP contribution >= 0.6 is 11.3 Å². The smallest absolute Gasteiger partial charge is 0.0248 e. The van der Waals surface area contributed by atoms with Gasteiger partial charge in [0.2, 0.25) is 0 Å². The monoisotopic (exact) mass is 266 g/mol. The second kappa shape index (κ2) is 7.27. The maximum atomic E-state index is 3.59. The highest BCUT2D eigenvalue weighted by Crippen LogP contribution is 2.31. The zero-order valence-corrected chi connectivity index (χ0v) is 12.5. The molecule has 1 unspecified atom stereocenters. The summed E-state index contributed by atoms with van der Waals surface area (Å²) < 4.78 is 0. The predicted octanol–water partition coefficient (Wildman–Crippen LogP) is 3.49. The summed E-state index contributed by atoms with van der Waals surface area (Å²) in [5.74, 6) is 0. The molecule has 3 heteroatoms. The molecule has 0 aliphatic heterocycles. The molecule has 102 valence electrons. The number of hydrogen-bond acceptors (Lipinski definition) is 3. The van der Waals surface area contributed by atoms with Gasteiger partial charge in [0.1, 0.15) is 0 Å². The molecule has 0 amide bonds. The minimum absolute atomic E-state index is 0.698. The van der Waals surface area contributed by atoms with E-state index in [0.717, 1.165) is 25.7 Å². The average molecular weight is 266 g/mol. The third kappa shape index (κ3) is 4.08. The van der Waals surface area contributed by atoms with Crippen LogP contribution in [0.4, 0.5) is 0 Å². The van der Waals surface area contributed by atoms with Crippen molar-refractivity contribution in [3.05, 3.63) is 22.4 Å². The summed E-state index contributed by atoms with van der Waals surface area (Å²) in [5.41, 5.74) is 1.49. The first-order chi connectivity index (χ1) is 8.85. The third-order valence-corrected chi connectivity index (χ3v) is 4.44. The number of nitrogens with zero attached hydrogens (tertiary/aromatic N) is 1. The standard InChI is InChI=1S/C15H26N2S/c1-3-8-16-10-14(4-2)17(15-5-6-15)11-13-7-9-18-12-13/h7,9,12,14-16H,3-6,8,10-11H2,1-2H3. The van der Waals surface area contributed by atoms with E-state index in [1.54, 1.807) is 0 Å². The molecular formula is C15H26N2S. The van der Waals surface area contributed by atoms with Crippen molar-refractivity contribution >= 4 is 11.3 Å². The van der Waals surface area contributed by atoms with Crippen molar-refractivity contribution in [2.45, 2.75) is 58.2 Å². The predicted molar refractivity (Wildman–Crippen MR) is 80.1 cm³/mol. The average Bonchev–Trinajstić information content (AvgIpc) is 3.10. The molecule has 1 fully saturated rings. The molecule has 1 atom stereocenters. The molecule has 0 saturated heterocycles. The van der Waals surface area contributed by atoms with E-state index in [9.17, 15) is 0 Å². The molecule has 2 nitrogen and oxygen atoms in total. The van der Waals surface area contributed by atoms with Gasteiger partial charge in [-0.3, -0.25) is 4.90 Å². The molecule has 1 aliphatic carbocycles. The summed E-state index contributed by atoms with van der Waals surface area (Å²) in [6.45, 7) is 7.98. The van der Waals surface area contributed by atoms with Crippen LogP contribution in [-0.4, -0.2) is 30.1 Å². The van der Waals surface area contributed by atoms with Crippen molar-refractivity contribution in [2.75, 3.05) is 13.1 Å². The van der Waals surface area contributed by atoms with Gasteiger partial charge in [0.15, 0.2) is 0 Å². The van der Waals surface area contributed by atoms with Gasteiger partial charge in [0, 0.05) is 25.2 Å². The van der Waals surface area contributed by atoms with Crippen LogP contribution in [0.25, 0.3) is 0 Å². The molecule has 1 aromatic rings. The lowest BCUT2D eigenvalue weighted by atomic mass is 10.1. The quantitative estimate of drug-likeness (QED) is 0.688. The van der Waals surface area contributed by atoms with Crippen molar-refractivity contribution in [2.24, 2.45) is 0 Å². The molecule has 0 spiro atoms. The van der Waals surface area contributed by atoms with Gasteiger partial charge in [-0.15, -0.1) is 0 Å². The lowest BCUT2D eigenvalue weighted by Gasteiger charge is -2.31. The SMILES string of the molecule is CCCNCC(CC)N(Cc1ccsc1)C1CC1. The molecule has 1 aliphatic rings. The van der Waals surface area contributed by atoms with Crippen LogP contribution in [0.15, 0.2) is 16.8 Å². The zero-order chi connectivity index (χ0) is 12.8. The fourth-order valence-corrected chi connectivity index (χ4v) is 3.16. The fourth-order valence-electron chi connectivity index (χ4n) is 2.50. The third-order valence-electron chi connectivity index (χ3n) is 3.71. The molecule has 1 N–H and O–H groups in total. The largest absolute Gasteiger partial charge is 0.315 e. The molecule has 2 rings (SSSR count). The summed E-state index contributed by atoms with van der Waals surface area (Å²) in [6.07, 6.45) is 5.27.